The van der Waals surface area contributed by atoms with Crippen LogP contribution in [0.25, 0.3) is 0 Å². The summed E-state index contributed by atoms with van der Waals surface area (Å²) in [6.45, 7) is 4.62. The van der Waals surface area contributed by atoms with Crippen molar-refractivity contribution in [3.05, 3.63) is 33.8 Å². The van der Waals surface area contributed by atoms with E-state index in [9.17, 15) is 0 Å². The van der Waals surface area contributed by atoms with Crippen molar-refractivity contribution in [3.8, 4) is 0 Å². The second-order valence-electron chi connectivity index (χ2n) is 6.53. The lowest BCUT2D eigenvalue weighted by Crippen LogP contribution is -2.36. The lowest BCUT2D eigenvalue weighted by Gasteiger charge is -2.40. The van der Waals surface area contributed by atoms with E-state index in [1.165, 1.54) is 32.1 Å². The van der Waals surface area contributed by atoms with Gasteiger partial charge in [0.25, 0.3) is 0 Å². The normalized spacial score (nSPS) is 19.5. The maximum absolute atomic E-state index is 6.47. The molecule has 1 atom stereocenters. The Morgan fingerprint density at radius 2 is 1.85 bits per heavy atom. The van der Waals surface area contributed by atoms with Crippen molar-refractivity contribution < 1.29 is 0 Å². The predicted octanol–water partition coefficient (Wildman–Crippen LogP) is 5.86. The highest BCUT2D eigenvalue weighted by atomic mass is 35.5. The molecular weight excluding hydrogens is 289 g/mol. The monoisotopic (exact) mass is 313 g/mol. The van der Waals surface area contributed by atoms with Gasteiger partial charge in [-0.3, -0.25) is 0 Å². The van der Waals surface area contributed by atoms with E-state index < -0.39 is 0 Å². The highest BCUT2D eigenvalue weighted by Gasteiger charge is 2.42. The summed E-state index contributed by atoms with van der Waals surface area (Å²) in [5.74, 6) is 0.696. The van der Waals surface area contributed by atoms with Crippen molar-refractivity contribution in [2.45, 2.75) is 52.0 Å². The lowest BCUT2D eigenvalue weighted by atomic mass is 9.70. The minimum Gasteiger partial charge on any atom is -0.312 e. The molecule has 1 N–H and O–H groups in total. The van der Waals surface area contributed by atoms with E-state index in [-0.39, 0.29) is 0 Å². The van der Waals surface area contributed by atoms with Gasteiger partial charge in [-0.1, -0.05) is 62.0 Å². The Bertz CT molecular complexity index is 450. The summed E-state index contributed by atoms with van der Waals surface area (Å²) in [7, 11) is 2.04. The summed E-state index contributed by atoms with van der Waals surface area (Å²) in [6.07, 6.45) is 6.44. The fourth-order valence-electron chi connectivity index (χ4n) is 4.04. The van der Waals surface area contributed by atoms with Crippen LogP contribution in [-0.2, 0) is 0 Å². The molecule has 1 saturated carbocycles. The molecule has 1 aliphatic carbocycles. The first kappa shape index (κ1) is 16.1. The third-order valence-electron chi connectivity index (χ3n) is 4.61. The van der Waals surface area contributed by atoms with E-state index >= 15 is 0 Å². The van der Waals surface area contributed by atoms with E-state index in [2.05, 4.69) is 25.2 Å². The fraction of sp³-hybridized carbons (Fsp3) is 0.647. The second kappa shape index (κ2) is 6.68. The van der Waals surface area contributed by atoms with E-state index in [1.807, 2.05) is 19.2 Å². The summed E-state index contributed by atoms with van der Waals surface area (Å²) in [6, 6.07) is 6.28. The Balaban J connectivity index is 2.40. The molecule has 0 radical (unpaired) electrons. The van der Waals surface area contributed by atoms with Crippen molar-refractivity contribution in [1.82, 2.24) is 5.32 Å². The second-order valence-corrected chi connectivity index (χ2v) is 7.32. The van der Waals surface area contributed by atoms with Gasteiger partial charge in [0, 0.05) is 6.04 Å². The molecule has 0 amide bonds. The number of rotatable bonds is 5. The van der Waals surface area contributed by atoms with Gasteiger partial charge in [0.1, 0.15) is 0 Å². The SMILES string of the molecule is CNC(c1cccc(Cl)c1Cl)C1(CC(C)C)CCCC1. The van der Waals surface area contributed by atoms with Crippen LogP contribution in [0.2, 0.25) is 10.0 Å². The van der Waals surface area contributed by atoms with Gasteiger partial charge in [-0.2, -0.15) is 0 Å². The highest BCUT2D eigenvalue weighted by Crippen LogP contribution is 2.52. The fourth-order valence-corrected chi connectivity index (χ4v) is 4.45. The van der Waals surface area contributed by atoms with Crippen molar-refractivity contribution >= 4 is 23.2 Å². The summed E-state index contributed by atoms with van der Waals surface area (Å²) < 4.78 is 0. The molecule has 1 aromatic carbocycles. The van der Waals surface area contributed by atoms with Crippen molar-refractivity contribution in [2.24, 2.45) is 11.3 Å². The van der Waals surface area contributed by atoms with Gasteiger partial charge in [-0.25, -0.2) is 0 Å². The Morgan fingerprint density at radius 1 is 1.20 bits per heavy atom. The third kappa shape index (κ3) is 3.16. The topological polar surface area (TPSA) is 12.0 Å². The Labute approximate surface area is 133 Å². The van der Waals surface area contributed by atoms with Crippen molar-refractivity contribution in [1.29, 1.82) is 0 Å². The van der Waals surface area contributed by atoms with E-state index in [4.69, 9.17) is 23.2 Å². The molecule has 0 bridgehead atoms. The molecule has 20 heavy (non-hydrogen) atoms. The van der Waals surface area contributed by atoms with E-state index in [0.717, 1.165) is 5.56 Å². The number of benzene rings is 1. The summed E-state index contributed by atoms with van der Waals surface area (Å²) >= 11 is 12.7. The van der Waals surface area contributed by atoms with Crippen molar-refractivity contribution in [3.63, 3.8) is 0 Å². The summed E-state index contributed by atoms with van der Waals surface area (Å²) in [4.78, 5) is 0. The van der Waals surface area contributed by atoms with Crippen LogP contribution in [0.4, 0.5) is 0 Å². The van der Waals surface area contributed by atoms with Crippen molar-refractivity contribution in [2.75, 3.05) is 7.05 Å². The first-order valence-electron chi connectivity index (χ1n) is 7.61. The average Bonchev–Trinajstić information content (AvgIpc) is 2.83. The molecule has 0 saturated heterocycles. The minimum atomic E-state index is 0.290. The molecule has 1 unspecified atom stereocenters. The standard InChI is InChI=1S/C17H25Cl2N/c1-12(2)11-17(9-4-5-10-17)16(20-3)13-7-6-8-14(18)15(13)19/h6-8,12,16,20H,4-5,9-11H2,1-3H3. The molecular formula is C17H25Cl2N. The van der Waals surface area contributed by atoms with Crippen LogP contribution >= 0.6 is 23.2 Å². The molecule has 1 aromatic rings. The average molecular weight is 314 g/mol. The van der Waals surface area contributed by atoms with Crippen LogP contribution in [0.5, 0.6) is 0 Å². The smallest absolute Gasteiger partial charge is 0.0640 e. The molecule has 1 fully saturated rings. The number of hydrogen-bond acceptors (Lipinski definition) is 1. The first-order valence-corrected chi connectivity index (χ1v) is 8.37. The molecule has 112 valence electrons. The quantitative estimate of drug-likeness (QED) is 0.717. The van der Waals surface area contributed by atoms with E-state index in [1.54, 1.807) is 0 Å². The van der Waals surface area contributed by atoms with Crippen LogP contribution < -0.4 is 5.32 Å². The largest absolute Gasteiger partial charge is 0.312 e. The molecule has 0 aromatic heterocycles. The van der Waals surface area contributed by atoms with Gasteiger partial charge < -0.3 is 5.32 Å². The van der Waals surface area contributed by atoms with Gasteiger partial charge in [-0.15, -0.1) is 0 Å². The molecule has 0 heterocycles. The molecule has 0 spiro atoms. The molecule has 3 heteroatoms. The summed E-state index contributed by atoms with van der Waals surface area (Å²) in [5.41, 5.74) is 1.47. The molecule has 1 nitrogen and oxygen atoms in total. The predicted molar refractivity (Wildman–Crippen MR) is 88.6 cm³/mol. The highest BCUT2D eigenvalue weighted by molar-refractivity contribution is 6.42. The minimum absolute atomic E-state index is 0.290. The number of hydrogen-bond donors (Lipinski definition) is 1. The van der Waals surface area contributed by atoms with E-state index in [0.29, 0.717) is 27.4 Å². The van der Waals surface area contributed by atoms with Crippen LogP contribution in [-0.4, -0.2) is 7.05 Å². The number of nitrogens with one attached hydrogen (secondary N) is 1. The van der Waals surface area contributed by atoms with Gasteiger partial charge in [0.15, 0.2) is 0 Å². The van der Waals surface area contributed by atoms with Crippen LogP contribution in [0, 0.1) is 11.3 Å². The zero-order chi connectivity index (χ0) is 14.8. The first-order chi connectivity index (χ1) is 9.50. The maximum Gasteiger partial charge on any atom is 0.0640 e. The number of halogens is 2. The Kier molecular flexibility index (Phi) is 5.39. The van der Waals surface area contributed by atoms with Gasteiger partial charge >= 0.3 is 0 Å². The zero-order valence-electron chi connectivity index (χ0n) is 12.7. The summed E-state index contributed by atoms with van der Waals surface area (Å²) in [5, 5.41) is 4.90. The Morgan fingerprint density at radius 3 is 2.40 bits per heavy atom. The maximum atomic E-state index is 6.47. The van der Waals surface area contributed by atoms with Crippen LogP contribution in [0.15, 0.2) is 18.2 Å². The van der Waals surface area contributed by atoms with Gasteiger partial charge in [0.2, 0.25) is 0 Å². The molecule has 2 rings (SSSR count). The molecule has 1 aliphatic rings. The molecule has 0 aliphatic heterocycles. The van der Waals surface area contributed by atoms with Crippen LogP contribution in [0.1, 0.15) is 57.6 Å². The lowest BCUT2D eigenvalue weighted by molar-refractivity contribution is 0.162. The van der Waals surface area contributed by atoms with Gasteiger partial charge in [0.05, 0.1) is 10.0 Å². The van der Waals surface area contributed by atoms with Crippen LogP contribution in [0.3, 0.4) is 0 Å². The third-order valence-corrected chi connectivity index (χ3v) is 5.44. The van der Waals surface area contributed by atoms with Gasteiger partial charge in [-0.05, 0) is 49.3 Å². The zero-order valence-corrected chi connectivity index (χ0v) is 14.2. The Hall–Kier alpha value is -0.240.